The van der Waals surface area contributed by atoms with Gasteiger partial charge in [-0.25, -0.2) is 4.98 Å². The Labute approximate surface area is 95.3 Å². The van der Waals surface area contributed by atoms with Crippen LogP contribution in [0.3, 0.4) is 0 Å². The maximum Gasteiger partial charge on any atom is 0.111 e. The van der Waals surface area contributed by atoms with E-state index < -0.39 is 0 Å². The fourth-order valence-corrected chi connectivity index (χ4v) is 2.89. The number of fused-ring (bicyclic) bond motifs is 1. The number of nitrogens with zero attached hydrogens (tertiary/aromatic N) is 2. The van der Waals surface area contributed by atoms with E-state index in [1.165, 1.54) is 0 Å². The molecule has 1 aliphatic carbocycles. The Morgan fingerprint density at radius 2 is 1.88 bits per heavy atom. The van der Waals surface area contributed by atoms with Crippen LogP contribution in [0.5, 0.6) is 0 Å². The molecule has 2 heterocycles. The van der Waals surface area contributed by atoms with Gasteiger partial charge in [0.15, 0.2) is 0 Å². The minimum Gasteiger partial charge on any atom is -0.340 e. The van der Waals surface area contributed by atoms with Crippen LogP contribution in [-0.4, -0.2) is 15.0 Å². The summed E-state index contributed by atoms with van der Waals surface area (Å²) in [4.78, 5) is 12.2. The van der Waals surface area contributed by atoms with E-state index in [9.17, 15) is 0 Å². The zero-order chi connectivity index (χ0) is 11.6. The van der Waals surface area contributed by atoms with Gasteiger partial charge in [-0.15, -0.1) is 0 Å². The van der Waals surface area contributed by atoms with Gasteiger partial charge in [0.2, 0.25) is 0 Å². The Hall–Kier alpha value is -1.38. The first kappa shape index (κ1) is 9.82. The van der Waals surface area contributed by atoms with Crippen molar-refractivity contribution in [3.63, 3.8) is 0 Å². The third-order valence-corrected chi connectivity index (χ3v) is 4.60. The van der Waals surface area contributed by atoms with Crippen LogP contribution in [0.4, 0.5) is 0 Å². The molecule has 1 aliphatic rings. The number of aromatic amines is 1. The lowest BCUT2D eigenvalue weighted by Crippen LogP contribution is -1.95. The van der Waals surface area contributed by atoms with Crippen LogP contribution in [0.15, 0.2) is 18.5 Å². The second kappa shape index (κ2) is 2.65. The van der Waals surface area contributed by atoms with Gasteiger partial charge in [0, 0.05) is 12.1 Å². The molecule has 0 spiro atoms. The average Bonchev–Trinajstić information content (AvgIpc) is 2.55. The average molecular weight is 215 g/mol. The first-order chi connectivity index (χ1) is 7.44. The highest BCUT2D eigenvalue weighted by molar-refractivity contribution is 5.73. The van der Waals surface area contributed by atoms with Crippen LogP contribution in [0.2, 0.25) is 0 Å². The predicted molar refractivity (Wildman–Crippen MR) is 64.2 cm³/mol. The van der Waals surface area contributed by atoms with Gasteiger partial charge in [-0.1, -0.05) is 27.7 Å². The van der Waals surface area contributed by atoms with Crippen molar-refractivity contribution in [3.05, 3.63) is 24.3 Å². The number of hydrogen-bond donors (Lipinski definition) is 1. The van der Waals surface area contributed by atoms with Crippen LogP contribution >= 0.6 is 0 Å². The van der Waals surface area contributed by atoms with Crippen molar-refractivity contribution in [2.45, 2.75) is 33.6 Å². The van der Waals surface area contributed by atoms with Crippen LogP contribution in [0.25, 0.3) is 11.0 Å². The molecule has 16 heavy (non-hydrogen) atoms. The lowest BCUT2D eigenvalue weighted by atomic mass is 10.0. The minimum atomic E-state index is 0.328. The normalized spacial score (nSPS) is 22.5. The van der Waals surface area contributed by atoms with E-state index in [-0.39, 0.29) is 0 Å². The summed E-state index contributed by atoms with van der Waals surface area (Å²) in [7, 11) is 0. The Bertz CT molecular complexity index is 504. The van der Waals surface area contributed by atoms with Crippen molar-refractivity contribution >= 4 is 11.0 Å². The number of rotatable bonds is 1. The number of aromatic nitrogens is 3. The second-order valence-electron chi connectivity index (χ2n) is 5.89. The highest BCUT2D eigenvalue weighted by Gasteiger charge is 2.66. The number of nitrogens with one attached hydrogen (secondary N) is 1. The molecule has 1 saturated carbocycles. The van der Waals surface area contributed by atoms with Crippen molar-refractivity contribution < 1.29 is 0 Å². The van der Waals surface area contributed by atoms with Gasteiger partial charge >= 0.3 is 0 Å². The van der Waals surface area contributed by atoms with Crippen LogP contribution in [-0.2, 0) is 0 Å². The monoisotopic (exact) mass is 215 g/mol. The minimum absolute atomic E-state index is 0.328. The van der Waals surface area contributed by atoms with E-state index in [0.29, 0.717) is 16.7 Å². The molecular weight excluding hydrogens is 198 g/mol. The number of hydrogen-bond acceptors (Lipinski definition) is 2. The third-order valence-electron chi connectivity index (χ3n) is 4.60. The van der Waals surface area contributed by atoms with Crippen molar-refractivity contribution in [1.29, 1.82) is 0 Å². The molecule has 0 saturated heterocycles. The molecule has 0 radical (unpaired) electrons. The standard InChI is InChI=1S/C13H17N3/c1-12(2)10(13(12,3)4)11-15-8-5-6-14-7-9(8)16-11/h5-7,10H,1-4H3,(H,15,16). The van der Waals surface area contributed by atoms with E-state index in [2.05, 4.69) is 42.6 Å². The van der Waals surface area contributed by atoms with Crippen molar-refractivity contribution in [1.82, 2.24) is 15.0 Å². The number of imidazole rings is 1. The fraction of sp³-hybridized carbons (Fsp3) is 0.538. The summed E-state index contributed by atoms with van der Waals surface area (Å²) in [6, 6.07) is 1.96. The summed E-state index contributed by atoms with van der Waals surface area (Å²) in [6.45, 7) is 9.23. The quantitative estimate of drug-likeness (QED) is 0.794. The van der Waals surface area contributed by atoms with Gasteiger partial charge < -0.3 is 4.98 Å². The zero-order valence-electron chi connectivity index (χ0n) is 10.2. The van der Waals surface area contributed by atoms with E-state index in [1.807, 2.05) is 12.3 Å². The number of pyridine rings is 1. The third kappa shape index (κ3) is 1.03. The van der Waals surface area contributed by atoms with Crippen LogP contribution in [0, 0.1) is 10.8 Å². The van der Waals surface area contributed by atoms with Gasteiger partial charge in [0.25, 0.3) is 0 Å². The van der Waals surface area contributed by atoms with E-state index in [1.54, 1.807) is 6.20 Å². The van der Waals surface area contributed by atoms with Crippen molar-refractivity contribution in [3.8, 4) is 0 Å². The Morgan fingerprint density at radius 3 is 2.44 bits per heavy atom. The maximum atomic E-state index is 4.67. The topological polar surface area (TPSA) is 41.6 Å². The Kier molecular flexibility index (Phi) is 1.63. The smallest absolute Gasteiger partial charge is 0.111 e. The lowest BCUT2D eigenvalue weighted by Gasteiger charge is -2.03. The van der Waals surface area contributed by atoms with E-state index in [0.717, 1.165) is 16.9 Å². The Balaban J connectivity index is 2.09. The first-order valence-corrected chi connectivity index (χ1v) is 5.74. The summed E-state index contributed by atoms with van der Waals surface area (Å²) < 4.78 is 0. The molecule has 3 nitrogen and oxygen atoms in total. The Morgan fingerprint density at radius 1 is 1.19 bits per heavy atom. The summed E-state index contributed by atoms with van der Waals surface area (Å²) in [5.41, 5.74) is 2.71. The van der Waals surface area contributed by atoms with E-state index >= 15 is 0 Å². The highest BCUT2D eigenvalue weighted by atomic mass is 15.0. The van der Waals surface area contributed by atoms with Gasteiger partial charge in [0.05, 0.1) is 17.2 Å². The van der Waals surface area contributed by atoms with Crippen LogP contribution < -0.4 is 0 Å². The molecule has 0 atom stereocenters. The van der Waals surface area contributed by atoms with Gasteiger partial charge in [-0.05, 0) is 16.9 Å². The summed E-state index contributed by atoms with van der Waals surface area (Å²) in [5, 5.41) is 0. The van der Waals surface area contributed by atoms with Crippen molar-refractivity contribution in [2.75, 3.05) is 0 Å². The molecule has 3 rings (SSSR count). The molecule has 3 heteroatoms. The largest absolute Gasteiger partial charge is 0.340 e. The fourth-order valence-electron chi connectivity index (χ4n) is 2.89. The summed E-state index contributed by atoms with van der Waals surface area (Å²) in [6.07, 6.45) is 3.63. The maximum absolute atomic E-state index is 4.67. The van der Waals surface area contributed by atoms with Gasteiger partial charge in [-0.2, -0.15) is 0 Å². The summed E-state index contributed by atoms with van der Waals surface area (Å²) >= 11 is 0. The molecule has 0 bridgehead atoms. The van der Waals surface area contributed by atoms with Crippen LogP contribution in [0.1, 0.15) is 39.4 Å². The SMILES string of the molecule is CC1(C)C(c2nc3ccncc3[nH]2)C1(C)C. The van der Waals surface area contributed by atoms with Gasteiger partial charge in [-0.3, -0.25) is 4.98 Å². The zero-order valence-corrected chi connectivity index (χ0v) is 10.2. The lowest BCUT2D eigenvalue weighted by molar-refractivity contribution is 0.457. The molecule has 1 fully saturated rings. The van der Waals surface area contributed by atoms with Crippen molar-refractivity contribution in [2.24, 2.45) is 10.8 Å². The highest BCUT2D eigenvalue weighted by Crippen LogP contribution is 2.73. The first-order valence-electron chi connectivity index (χ1n) is 5.74. The summed E-state index contributed by atoms with van der Waals surface area (Å²) in [5.74, 6) is 1.63. The van der Waals surface area contributed by atoms with Gasteiger partial charge in [0.1, 0.15) is 5.82 Å². The molecule has 0 unspecified atom stereocenters. The molecule has 1 N–H and O–H groups in total. The molecule has 2 aromatic heterocycles. The number of H-pyrrole nitrogens is 1. The molecule has 84 valence electrons. The molecule has 0 aliphatic heterocycles. The predicted octanol–water partition coefficient (Wildman–Crippen LogP) is 3.11. The molecule has 0 aromatic carbocycles. The van der Waals surface area contributed by atoms with E-state index in [4.69, 9.17) is 0 Å². The second-order valence-corrected chi connectivity index (χ2v) is 5.89. The molecular formula is C13H17N3. The molecule has 0 amide bonds. The molecule has 2 aromatic rings.